The van der Waals surface area contributed by atoms with E-state index in [1.807, 2.05) is 13.8 Å². The van der Waals surface area contributed by atoms with Crippen LogP contribution in [0.2, 0.25) is 0 Å². The second kappa shape index (κ2) is 7.71. The summed E-state index contributed by atoms with van der Waals surface area (Å²) in [5, 5.41) is 18.1. The summed E-state index contributed by atoms with van der Waals surface area (Å²) in [5.74, 6) is 0.865. The van der Waals surface area contributed by atoms with Gasteiger partial charge in [0.25, 0.3) is 0 Å². The minimum absolute atomic E-state index is 0.224. The number of allylic oxidation sites excluding steroid dienone is 1. The molecule has 0 aromatic rings. The molecule has 0 aliphatic carbocycles. The molecule has 0 aliphatic rings. The molecule has 0 aromatic heterocycles. The highest BCUT2D eigenvalue weighted by molar-refractivity contribution is 5.56. The average molecular weight is 302 g/mol. The van der Waals surface area contributed by atoms with Crippen molar-refractivity contribution in [3.63, 3.8) is 0 Å². The Morgan fingerprint density at radius 3 is 2.00 bits per heavy atom. The first kappa shape index (κ1) is 19.0. The third-order valence-electron chi connectivity index (χ3n) is 2.77. The lowest BCUT2D eigenvalue weighted by atomic mass is 9.84. The Balaban J connectivity index is 5.20. The molecule has 4 nitrogen and oxygen atoms in total. The Labute approximate surface area is 121 Å². The van der Waals surface area contributed by atoms with Crippen molar-refractivity contribution in [2.45, 2.75) is 52.3 Å². The van der Waals surface area contributed by atoms with Crippen LogP contribution in [-0.2, 0) is 9.53 Å². The van der Waals surface area contributed by atoms with Crippen LogP contribution in [-0.4, -0.2) is 18.2 Å². The number of nitriles is 2. The van der Waals surface area contributed by atoms with Gasteiger partial charge in [-0.1, -0.05) is 13.8 Å². The third kappa shape index (κ3) is 6.33. The van der Waals surface area contributed by atoms with Crippen LogP contribution in [0.1, 0.15) is 40.0 Å². The van der Waals surface area contributed by atoms with Crippen molar-refractivity contribution in [3.05, 3.63) is 5.76 Å². The molecule has 0 bridgehead atoms. The maximum absolute atomic E-state index is 12.3. The van der Waals surface area contributed by atoms with Gasteiger partial charge in [0.1, 0.15) is 0 Å². The molecule has 0 N–H and O–H groups in total. The van der Waals surface area contributed by atoms with E-state index in [2.05, 4.69) is 0 Å². The predicted octanol–water partition coefficient (Wildman–Crippen LogP) is 3.53. The summed E-state index contributed by atoms with van der Waals surface area (Å²) in [6, 6.07) is 2.92. The van der Waals surface area contributed by atoms with Crippen molar-refractivity contribution in [1.82, 2.24) is 0 Å². The summed E-state index contributed by atoms with van der Waals surface area (Å²) >= 11 is 0. The molecule has 0 amide bonds. The van der Waals surface area contributed by atoms with Crippen LogP contribution in [0, 0.1) is 34.0 Å². The van der Waals surface area contributed by atoms with Crippen molar-refractivity contribution in [3.8, 4) is 12.1 Å². The fraction of sp³-hybridized carbons (Fsp3) is 0.714. The summed E-state index contributed by atoms with van der Waals surface area (Å²) in [6.07, 6.45) is -6.73. The van der Waals surface area contributed by atoms with Gasteiger partial charge in [-0.25, -0.2) is 4.79 Å². The molecule has 0 heterocycles. The zero-order valence-corrected chi connectivity index (χ0v) is 12.1. The second-order valence-corrected chi connectivity index (χ2v) is 5.23. The van der Waals surface area contributed by atoms with Gasteiger partial charge >= 0.3 is 6.18 Å². The van der Waals surface area contributed by atoms with Crippen molar-refractivity contribution < 1.29 is 22.7 Å². The molecule has 0 spiro atoms. The van der Waals surface area contributed by atoms with Crippen LogP contribution < -0.4 is 0 Å². The third-order valence-corrected chi connectivity index (χ3v) is 2.77. The van der Waals surface area contributed by atoms with Crippen molar-refractivity contribution in [1.29, 1.82) is 10.5 Å². The molecule has 0 rings (SSSR count). The fourth-order valence-electron chi connectivity index (χ4n) is 1.81. The molecular weight excluding hydrogens is 285 g/mol. The van der Waals surface area contributed by atoms with Gasteiger partial charge < -0.3 is 4.74 Å². The van der Waals surface area contributed by atoms with Crippen LogP contribution in [0.4, 0.5) is 13.2 Å². The fourth-order valence-corrected chi connectivity index (χ4v) is 1.81. The number of carbonyl (C=O) groups excluding carboxylic acids is 1. The lowest BCUT2D eigenvalue weighted by Gasteiger charge is -2.24. The summed E-state index contributed by atoms with van der Waals surface area (Å²) in [6.45, 7) is 5.41. The first-order valence-electron chi connectivity index (χ1n) is 6.41. The maximum Gasteiger partial charge on any atom is 0.389 e. The number of hydrogen-bond acceptors (Lipinski definition) is 4. The highest BCUT2D eigenvalue weighted by Crippen LogP contribution is 2.36. The predicted molar refractivity (Wildman–Crippen MR) is 68.2 cm³/mol. The molecule has 0 fully saturated rings. The largest absolute Gasteiger partial charge is 0.481 e. The van der Waals surface area contributed by atoms with E-state index in [9.17, 15) is 18.0 Å². The number of nitrogens with zero attached hydrogens (tertiary/aromatic N) is 2. The zero-order valence-electron chi connectivity index (χ0n) is 12.1. The van der Waals surface area contributed by atoms with E-state index < -0.39 is 36.3 Å². The lowest BCUT2D eigenvalue weighted by molar-refractivity contribution is -0.138. The number of hydrogen-bond donors (Lipinski definition) is 0. The lowest BCUT2D eigenvalue weighted by Crippen LogP contribution is -2.27. The molecule has 1 atom stereocenters. The van der Waals surface area contributed by atoms with Crippen molar-refractivity contribution in [2.24, 2.45) is 11.3 Å². The van der Waals surface area contributed by atoms with Crippen LogP contribution in [0.3, 0.4) is 0 Å². The molecule has 1 unspecified atom stereocenters. The normalized spacial score (nSPS) is 13.0. The smallest absolute Gasteiger partial charge is 0.389 e. The zero-order chi connectivity index (χ0) is 16.7. The Morgan fingerprint density at radius 1 is 1.14 bits per heavy atom. The molecule has 0 saturated heterocycles. The number of halogens is 3. The monoisotopic (exact) mass is 302 g/mol. The van der Waals surface area contributed by atoms with Crippen LogP contribution in [0.5, 0.6) is 0 Å². The molecule has 0 aliphatic heterocycles. The number of alkyl halides is 3. The second-order valence-electron chi connectivity index (χ2n) is 5.23. The van der Waals surface area contributed by atoms with Crippen LogP contribution in [0.25, 0.3) is 0 Å². The maximum atomic E-state index is 12.3. The standard InChI is InChI=1S/C14H17F3N2O2/c1-10(2)6-11(3)21-12(7-20)13(8-18,9-19)4-5-14(15,16)17/h10-11H,4-6H2,1-3H3. The molecule has 0 saturated carbocycles. The van der Waals surface area contributed by atoms with E-state index in [-0.39, 0.29) is 5.92 Å². The topological polar surface area (TPSA) is 73.9 Å². The van der Waals surface area contributed by atoms with E-state index >= 15 is 0 Å². The number of ether oxygens (including phenoxy) is 1. The van der Waals surface area contributed by atoms with Crippen LogP contribution in [0.15, 0.2) is 5.76 Å². The van der Waals surface area contributed by atoms with Crippen molar-refractivity contribution in [2.75, 3.05) is 0 Å². The summed E-state index contributed by atoms with van der Waals surface area (Å²) in [4.78, 5) is 10.9. The SMILES string of the molecule is CC(C)CC(C)OC(=C=O)C(C#N)(C#N)CCC(F)(F)F. The van der Waals surface area contributed by atoms with Gasteiger partial charge in [-0.3, -0.25) is 0 Å². The summed E-state index contributed by atoms with van der Waals surface area (Å²) in [5.41, 5.74) is -2.26. The molecular formula is C14H17F3N2O2. The summed E-state index contributed by atoms with van der Waals surface area (Å²) < 4.78 is 42.1. The van der Waals surface area contributed by atoms with Gasteiger partial charge in [-0.05, 0) is 25.7 Å². The summed E-state index contributed by atoms with van der Waals surface area (Å²) in [7, 11) is 0. The van der Waals surface area contributed by atoms with Gasteiger partial charge in [0.2, 0.25) is 11.2 Å². The quantitative estimate of drug-likeness (QED) is 0.532. The first-order chi connectivity index (χ1) is 9.60. The first-order valence-corrected chi connectivity index (χ1v) is 6.41. The Bertz CT molecular complexity index is 466. The van der Waals surface area contributed by atoms with E-state index in [0.717, 1.165) is 0 Å². The molecule has 0 aromatic carbocycles. The van der Waals surface area contributed by atoms with Gasteiger partial charge in [0.05, 0.1) is 18.2 Å². The molecule has 7 heteroatoms. The average Bonchev–Trinajstić information content (AvgIpc) is 2.36. The minimum atomic E-state index is -4.53. The Hall–Kier alpha value is -1.98. The minimum Gasteiger partial charge on any atom is -0.481 e. The van der Waals surface area contributed by atoms with Crippen LogP contribution >= 0.6 is 0 Å². The number of rotatable bonds is 7. The molecule has 0 radical (unpaired) electrons. The Kier molecular flexibility index (Phi) is 6.98. The Morgan fingerprint density at radius 2 is 1.67 bits per heavy atom. The van der Waals surface area contributed by atoms with Gasteiger partial charge in [0.15, 0.2) is 5.94 Å². The van der Waals surface area contributed by atoms with E-state index in [1.165, 1.54) is 18.1 Å². The van der Waals surface area contributed by atoms with Gasteiger partial charge in [-0.2, -0.15) is 23.7 Å². The molecule has 116 valence electrons. The van der Waals surface area contributed by atoms with E-state index in [4.69, 9.17) is 15.3 Å². The molecule has 21 heavy (non-hydrogen) atoms. The highest BCUT2D eigenvalue weighted by Gasteiger charge is 2.43. The van der Waals surface area contributed by atoms with Gasteiger partial charge in [0, 0.05) is 6.42 Å². The van der Waals surface area contributed by atoms with Gasteiger partial charge in [-0.15, -0.1) is 0 Å². The van der Waals surface area contributed by atoms with Crippen molar-refractivity contribution >= 4 is 5.94 Å². The van der Waals surface area contributed by atoms with E-state index in [1.54, 1.807) is 6.92 Å². The van der Waals surface area contributed by atoms with E-state index in [0.29, 0.717) is 6.42 Å². The highest BCUT2D eigenvalue weighted by atomic mass is 19.4.